The van der Waals surface area contributed by atoms with Crippen molar-refractivity contribution in [2.75, 3.05) is 26.4 Å². The van der Waals surface area contributed by atoms with Crippen LogP contribution >= 0.6 is 0 Å². The van der Waals surface area contributed by atoms with Crippen molar-refractivity contribution in [1.29, 1.82) is 0 Å². The summed E-state index contributed by atoms with van der Waals surface area (Å²) in [6, 6.07) is 0. The van der Waals surface area contributed by atoms with Crippen LogP contribution in [0.3, 0.4) is 0 Å². The van der Waals surface area contributed by atoms with Gasteiger partial charge in [-0.15, -0.1) is 0 Å². The third-order valence-corrected chi connectivity index (χ3v) is 1.63. The van der Waals surface area contributed by atoms with Crippen molar-refractivity contribution in [1.82, 2.24) is 4.98 Å². The average Bonchev–Trinajstić information content (AvgIpc) is 2.73. The van der Waals surface area contributed by atoms with Crippen molar-refractivity contribution in [2.24, 2.45) is 0 Å². The zero-order valence-electron chi connectivity index (χ0n) is 9.39. The largest absolute Gasteiger partial charge is 0.461 e. The van der Waals surface area contributed by atoms with Crippen LogP contribution in [-0.4, -0.2) is 37.4 Å². The quantitative estimate of drug-likeness (QED) is 0.518. The standard InChI is InChI=1S/C10H15NO5/c1-3-13-5-6-15-10-11-8(7-16-10)9(12)14-4-2/h7H,3-6H2,1-2H3. The zero-order chi connectivity index (χ0) is 11.8. The lowest BCUT2D eigenvalue weighted by Gasteiger charge is -2.00. The maximum absolute atomic E-state index is 11.2. The Labute approximate surface area is 93.5 Å². The van der Waals surface area contributed by atoms with Gasteiger partial charge in [-0.3, -0.25) is 0 Å². The van der Waals surface area contributed by atoms with Crippen molar-refractivity contribution < 1.29 is 23.4 Å². The first-order chi connectivity index (χ1) is 7.77. The summed E-state index contributed by atoms with van der Waals surface area (Å²) >= 11 is 0. The molecule has 1 rings (SSSR count). The molecule has 0 aliphatic rings. The van der Waals surface area contributed by atoms with Crippen molar-refractivity contribution >= 4 is 5.97 Å². The van der Waals surface area contributed by atoms with Crippen LogP contribution in [0.4, 0.5) is 0 Å². The van der Waals surface area contributed by atoms with Crippen LogP contribution in [0.25, 0.3) is 0 Å². The second-order valence-corrected chi connectivity index (χ2v) is 2.76. The van der Waals surface area contributed by atoms with E-state index in [-0.39, 0.29) is 11.8 Å². The molecule has 6 nitrogen and oxygen atoms in total. The summed E-state index contributed by atoms with van der Waals surface area (Å²) < 4.78 is 19.8. The van der Waals surface area contributed by atoms with E-state index < -0.39 is 5.97 Å². The Kier molecular flexibility index (Phi) is 5.35. The Morgan fingerprint density at radius 1 is 1.38 bits per heavy atom. The van der Waals surface area contributed by atoms with Gasteiger partial charge in [0.05, 0.1) is 13.2 Å². The van der Waals surface area contributed by atoms with Crippen molar-refractivity contribution in [2.45, 2.75) is 13.8 Å². The van der Waals surface area contributed by atoms with E-state index in [4.69, 9.17) is 18.6 Å². The van der Waals surface area contributed by atoms with Gasteiger partial charge in [0.15, 0.2) is 5.69 Å². The topological polar surface area (TPSA) is 70.8 Å². The van der Waals surface area contributed by atoms with E-state index in [1.54, 1.807) is 6.92 Å². The minimum atomic E-state index is -0.522. The number of ether oxygens (including phenoxy) is 3. The van der Waals surface area contributed by atoms with Crippen molar-refractivity contribution in [3.8, 4) is 6.08 Å². The van der Waals surface area contributed by atoms with Gasteiger partial charge in [-0.25, -0.2) is 4.79 Å². The monoisotopic (exact) mass is 229 g/mol. The highest BCUT2D eigenvalue weighted by molar-refractivity contribution is 5.86. The van der Waals surface area contributed by atoms with Crippen LogP contribution in [-0.2, 0) is 9.47 Å². The van der Waals surface area contributed by atoms with Gasteiger partial charge in [-0.1, -0.05) is 0 Å². The maximum Gasteiger partial charge on any atom is 0.394 e. The molecule has 0 bridgehead atoms. The Bertz CT molecular complexity index is 323. The van der Waals surface area contributed by atoms with Crippen LogP contribution in [0.1, 0.15) is 24.3 Å². The van der Waals surface area contributed by atoms with Crippen LogP contribution in [0.2, 0.25) is 0 Å². The molecule has 16 heavy (non-hydrogen) atoms. The van der Waals surface area contributed by atoms with Gasteiger partial charge in [0.25, 0.3) is 0 Å². The third kappa shape index (κ3) is 3.90. The normalized spacial score (nSPS) is 10.1. The average molecular weight is 229 g/mol. The Morgan fingerprint density at radius 3 is 2.88 bits per heavy atom. The second-order valence-electron chi connectivity index (χ2n) is 2.76. The first-order valence-corrected chi connectivity index (χ1v) is 5.11. The number of hydrogen-bond donors (Lipinski definition) is 0. The third-order valence-electron chi connectivity index (χ3n) is 1.63. The van der Waals surface area contributed by atoms with E-state index >= 15 is 0 Å². The molecule has 0 N–H and O–H groups in total. The minimum Gasteiger partial charge on any atom is -0.461 e. The van der Waals surface area contributed by atoms with Gasteiger partial charge >= 0.3 is 12.0 Å². The number of rotatable bonds is 7. The fourth-order valence-corrected chi connectivity index (χ4v) is 0.955. The number of carbonyl (C=O) groups is 1. The summed E-state index contributed by atoms with van der Waals surface area (Å²) in [5.74, 6) is -0.522. The lowest BCUT2D eigenvalue weighted by atomic mass is 10.5. The number of esters is 1. The lowest BCUT2D eigenvalue weighted by Crippen LogP contribution is -2.07. The molecule has 0 aliphatic heterocycles. The van der Waals surface area contributed by atoms with Gasteiger partial charge in [0.2, 0.25) is 0 Å². The van der Waals surface area contributed by atoms with Crippen LogP contribution in [0.5, 0.6) is 6.08 Å². The highest BCUT2D eigenvalue weighted by Gasteiger charge is 2.13. The van der Waals surface area contributed by atoms with Gasteiger partial charge in [0, 0.05) is 6.61 Å². The number of nitrogens with zero attached hydrogens (tertiary/aromatic N) is 1. The summed E-state index contributed by atoms with van der Waals surface area (Å²) in [5, 5.41) is 0. The van der Waals surface area contributed by atoms with Crippen LogP contribution < -0.4 is 4.74 Å². The van der Waals surface area contributed by atoms with Crippen LogP contribution in [0.15, 0.2) is 10.7 Å². The molecule has 0 aliphatic carbocycles. The highest BCUT2D eigenvalue weighted by atomic mass is 16.6. The molecule has 0 unspecified atom stereocenters. The second kappa shape index (κ2) is 6.84. The molecule has 0 spiro atoms. The van der Waals surface area contributed by atoms with E-state index in [0.717, 1.165) is 0 Å². The minimum absolute atomic E-state index is 0.0442. The molecule has 6 heteroatoms. The zero-order valence-corrected chi connectivity index (χ0v) is 9.39. The molecule has 0 saturated heterocycles. The van der Waals surface area contributed by atoms with Gasteiger partial charge < -0.3 is 18.6 Å². The molecule has 0 amide bonds. The summed E-state index contributed by atoms with van der Waals surface area (Å²) in [5.41, 5.74) is 0.105. The van der Waals surface area contributed by atoms with Crippen molar-refractivity contribution in [3.63, 3.8) is 0 Å². The van der Waals surface area contributed by atoms with Crippen LogP contribution in [0, 0.1) is 0 Å². The molecule has 0 aromatic carbocycles. The van der Waals surface area contributed by atoms with E-state index in [1.807, 2.05) is 6.92 Å². The van der Waals surface area contributed by atoms with E-state index in [2.05, 4.69) is 4.98 Å². The fraction of sp³-hybridized carbons (Fsp3) is 0.600. The fourth-order valence-electron chi connectivity index (χ4n) is 0.955. The number of oxazole rings is 1. The molecule has 90 valence electrons. The number of carbonyl (C=O) groups excluding carboxylic acids is 1. The van der Waals surface area contributed by atoms with Gasteiger partial charge in [0.1, 0.15) is 12.9 Å². The SMILES string of the molecule is CCOCCOc1nc(C(=O)OCC)co1. The number of hydrogen-bond acceptors (Lipinski definition) is 6. The molecule has 1 aromatic heterocycles. The molecule has 1 aromatic rings. The summed E-state index contributed by atoms with van der Waals surface area (Å²) in [7, 11) is 0. The maximum atomic E-state index is 11.2. The van der Waals surface area contributed by atoms with E-state index in [0.29, 0.717) is 26.4 Å². The molecule has 1 heterocycles. The predicted octanol–water partition coefficient (Wildman–Crippen LogP) is 1.27. The Balaban J connectivity index is 2.36. The number of aromatic nitrogens is 1. The predicted molar refractivity (Wildman–Crippen MR) is 54.4 cm³/mol. The molecule has 0 fully saturated rings. The molecule has 0 radical (unpaired) electrons. The summed E-state index contributed by atoms with van der Waals surface area (Å²) in [4.78, 5) is 15.0. The van der Waals surface area contributed by atoms with E-state index in [9.17, 15) is 4.79 Å². The lowest BCUT2D eigenvalue weighted by molar-refractivity contribution is 0.0519. The highest BCUT2D eigenvalue weighted by Crippen LogP contribution is 2.10. The van der Waals surface area contributed by atoms with E-state index in [1.165, 1.54) is 6.26 Å². The van der Waals surface area contributed by atoms with Gasteiger partial charge in [-0.05, 0) is 13.8 Å². The Morgan fingerprint density at radius 2 is 2.19 bits per heavy atom. The van der Waals surface area contributed by atoms with Crippen molar-refractivity contribution in [3.05, 3.63) is 12.0 Å². The molecule has 0 saturated carbocycles. The smallest absolute Gasteiger partial charge is 0.394 e. The molecular formula is C10H15NO5. The first kappa shape index (κ1) is 12.5. The Hall–Kier alpha value is -1.56. The molecule has 0 atom stereocenters. The summed E-state index contributed by atoms with van der Waals surface area (Å²) in [6.45, 7) is 5.32. The summed E-state index contributed by atoms with van der Waals surface area (Å²) in [6.07, 6.45) is 1.25. The molecular weight excluding hydrogens is 214 g/mol. The first-order valence-electron chi connectivity index (χ1n) is 5.11. The van der Waals surface area contributed by atoms with Gasteiger partial charge in [-0.2, -0.15) is 4.98 Å².